The number of ether oxygens (including phenoxy) is 1. The number of hydrogen-bond donors (Lipinski definition) is 1. The number of rotatable bonds is 6. The normalized spacial score (nSPS) is 15.4. The highest BCUT2D eigenvalue weighted by Crippen LogP contribution is 2.17. The van der Waals surface area contributed by atoms with Gasteiger partial charge in [-0.1, -0.05) is 18.2 Å². The highest BCUT2D eigenvalue weighted by molar-refractivity contribution is 5.35. The number of nitrogens with zero attached hydrogens (tertiary/aromatic N) is 4. The zero-order valence-electron chi connectivity index (χ0n) is 14.2. The van der Waals surface area contributed by atoms with Crippen molar-refractivity contribution in [1.29, 1.82) is 0 Å². The Balaban J connectivity index is 1.40. The third kappa shape index (κ3) is 3.91. The van der Waals surface area contributed by atoms with Crippen molar-refractivity contribution in [3.05, 3.63) is 60.6 Å². The molecule has 6 nitrogen and oxygen atoms in total. The molecule has 1 fully saturated rings. The lowest BCUT2D eigenvalue weighted by Gasteiger charge is -2.22. The molecule has 3 heterocycles. The summed E-state index contributed by atoms with van der Waals surface area (Å²) < 4.78 is 9.31. The molecule has 1 aliphatic rings. The zero-order valence-corrected chi connectivity index (χ0v) is 14.2. The number of hydrogen-bond acceptors (Lipinski definition) is 4. The lowest BCUT2D eigenvalue weighted by Crippen LogP contribution is -2.23. The van der Waals surface area contributed by atoms with Crippen LogP contribution >= 0.6 is 0 Å². The summed E-state index contributed by atoms with van der Waals surface area (Å²) in [5.41, 5.74) is 2.19. The first-order chi connectivity index (χ1) is 12.4. The van der Waals surface area contributed by atoms with Crippen molar-refractivity contribution in [3.63, 3.8) is 0 Å². The Bertz CT molecular complexity index is 789. The molecule has 0 aliphatic carbocycles. The van der Waals surface area contributed by atoms with E-state index in [0.717, 1.165) is 49.7 Å². The Kier molecular flexibility index (Phi) is 4.79. The lowest BCUT2D eigenvalue weighted by molar-refractivity contribution is 0.0699. The van der Waals surface area contributed by atoms with Gasteiger partial charge in [-0.2, -0.15) is 10.2 Å². The van der Waals surface area contributed by atoms with Crippen LogP contribution in [0.15, 0.2) is 55.0 Å². The second kappa shape index (κ2) is 7.53. The second-order valence-corrected chi connectivity index (χ2v) is 6.44. The van der Waals surface area contributed by atoms with Gasteiger partial charge in [0.1, 0.15) is 5.82 Å². The number of nitrogens with one attached hydrogen (secondary N) is 1. The fourth-order valence-corrected chi connectivity index (χ4v) is 3.14. The summed E-state index contributed by atoms with van der Waals surface area (Å²) in [5.74, 6) is 1.73. The van der Waals surface area contributed by atoms with Crippen molar-refractivity contribution >= 4 is 5.82 Å². The van der Waals surface area contributed by atoms with Gasteiger partial charge in [-0.25, -0.2) is 9.36 Å². The monoisotopic (exact) mass is 337 g/mol. The van der Waals surface area contributed by atoms with Crippen LogP contribution in [-0.2, 0) is 11.3 Å². The van der Waals surface area contributed by atoms with Crippen molar-refractivity contribution in [1.82, 2.24) is 19.6 Å². The molecule has 0 saturated carbocycles. The maximum atomic E-state index is 5.42. The van der Waals surface area contributed by atoms with E-state index in [0.29, 0.717) is 12.5 Å². The Morgan fingerprint density at radius 3 is 2.76 bits per heavy atom. The molecule has 130 valence electrons. The first-order valence-electron chi connectivity index (χ1n) is 8.81. The van der Waals surface area contributed by atoms with Crippen LogP contribution in [0.2, 0.25) is 0 Å². The van der Waals surface area contributed by atoms with Crippen LogP contribution in [0.5, 0.6) is 0 Å². The minimum Gasteiger partial charge on any atom is -0.381 e. The van der Waals surface area contributed by atoms with E-state index in [2.05, 4.69) is 21.7 Å². The van der Waals surface area contributed by atoms with E-state index in [9.17, 15) is 0 Å². The van der Waals surface area contributed by atoms with E-state index >= 15 is 0 Å². The second-order valence-electron chi connectivity index (χ2n) is 6.44. The number of anilines is 1. The van der Waals surface area contributed by atoms with E-state index in [-0.39, 0.29) is 0 Å². The van der Waals surface area contributed by atoms with Gasteiger partial charge in [0.05, 0.1) is 24.6 Å². The predicted molar refractivity (Wildman–Crippen MR) is 96.9 cm³/mol. The highest BCUT2D eigenvalue weighted by Gasteiger charge is 2.14. The molecule has 3 aromatic rings. The number of benzene rings is 1. The van der Waals surface area contributed by atoms with Crippen LogP contribution in [0.25, 0.3) is 5.69 Å². The SMILES string of the molecule is c1ccc(-n2cc(Cn3nccc3NCC3CCOCC3)cn2)cc1. The van der Waals surface area contributed by atoms with Gasteiger partial charge >= 0.3 is 0 Å². The molecule has 6 heteroatoms. The standard InChI is InChI=1S/C19H23N5O/c1-2-4-18(5-3-1)23-14-17(13-22-23)15-24-19(6-9-21-24)20-12-16-7-10-25-11-8-16/h1-6,9,13-14,16,20H,7-8,10-12,15H2. The van der Waals surface area contributed by atoms with Gasteiger partial charge in [-0.15, -0.1) is 0 Å². The fourth-order valence-electron chi connectivity index (χ4n) is 3.14. The molecular formula is C19H23N5O. The minimum atomic E-state index is 0.679. The first-order valence-corrected chi connectivity index (χ1v) is 8.81. The Hall–Kier alpha value is -2.60. The Labute approximate surface area is 147 Å². The number of para-hydroxylation sites is 1. The third-order valence-electron chi connectivity index (χ3n) is 4.62. The zero-order chi connectivity index (χ0) is 16.9. The molecule has 1 aliphatic heterocycles. The van der Waals surface area contributed by atoms with E-state index in [1.165, 1.54) is 0 Å². The molecule has 1 aromatic carbocycles. The molecule has 4 rings (SSSR count). The molecule has 0 atom stereocenters. The van der Waals surface area contributed by atoms with Gasteiger partial charge in [-0.05, 0) is 30.9 Å². The Morgan fingerprint density at radius 2 is 1.92 bits per heavy atom. The molecule has 0 spiro atoms. The van der Waals surface area contributed by atoms with Crippen LogP contribution in [0.1, 0.15) is 18.4 Å². The van der Waals surface area contributed by atoms with E-state index in [1.807, 2.05) is 58.2 Å². The molecular weight excluding hydrogens is 314 g/mol. The van der Waals surface area contributed by atoms with Crippen LogP contribution in [0.4, 0.5) is 5.82 Å². The Morgan fingerprint density at radius 1 is 1.08 bits per heavy atom. The molecule has 0 amide bonds. The third-order valence-corrected chi connectivity index (χ3v) is 4.62. The van der Waals surface area contributed by atoms with Crippen LogP contribution < -0.4 is 5.32 Å². The average Bonchev–Trinajstić information content (AvgIpc) is 3.32. The van der Waals surface area contributed by atoms with Crippen molar-refractivity contribution in [3.8, 4) is 5.69 Å². The maximum Gasteiger partial charge on any atom is 0.124 e. The molecule has 25 heavy (non-hydrogen) atoms. The topological polar surface area (TPSA) is 56.9 Å². The summed E-state index contributed by atoms with van der Waals surface area (Å²) >= 11 is 0. The van der Waals surface area contributed by atoms with E-state index in [1.54, 1.807) is 0 Å². The van der Waals surface area contributed by atoms with Crippen molar-refractivity contribution in [2.45, 2.75) is 19.4 Å². The van der Waals surface area contributed by atoms with Crippen molar-refractivity contribution in [2.75, 3.05) is 25.1 Å². The molecule has 1 saturated heterocycles. The average molecular weight is 337 g/mol. The van der Waals surface area contributed by atoms with Crippen LogP contribution in [0.3, 0.4) is 0 Å². The predicted octanol–water partition coefficient (Wildman–Crippen LogP) is 2.96. The van der Waals surface area contributed by atoms with Crippen LogP contribution in [-0.4, -0.2) is 39.3 Å². The molecule has 2 aromatic heterocycles. The van der Waals surface area contributed by atoms with Gasteiger partial charge in [-0.3, -0.25) is 0 Å². The first kappa shape index (κ1) is 15.9. The smallest absolute Gasteiger partial charge is 0.124 e. The van der Waals surface area contributed by atoms with E-state index < -0.39 is 0 Å². The quantitative estimate of drug-likeness (QED) is 0.751. The van der Waals surface area contributed by atoms with Gasteiger partial charge in [0.25, 0.3) is 0 Å². The van der Waals surface area contributed by atoms with Crippen molar-refractivity contribution in [2.24, 2.45) is 5.92 Å². The van der Waals surface area contributed by atoms with E-state index in [4.69, 9.17) is 4.74 Å². The van der Waals surface area contributed by atoms with Gasteiger partial charge < -0.3 is 10.1 Å². The summed E-state index contributed by atoms with van der Waals surface area (Å²) in [4.78, 5) is 0. The maximum absolute atomic E-state index is 5.42. The highest BCUT2D eigenvalue weighted by atomic mass is 16.5. The fraction of sp³-hybridized carbons (Fsp3) is 0.368. The number of aromatic nitrogens is 4. The largest absolute Gasteiger partial charge is 0.381 e. The molecule has 0 radical (unpaired) electrons. The van der Waals surface area contributed by atoms with Gasteiger partial charge in [0.15, 0.2) is 0 Å². The summed E-state index contributed by atoms with van der Waals surface area (Å²) in [6, 6.07) is 12.2. The summed E-state index contributed by atoms with van der Waals surface area (Å²) in [6.45, 7) is 3.43. The summed E-state index contributed by atoms with van der Waals surface area (Å²) in [5, 5.41) is 12.4. The molecule has 0 bridgehead atoms. The summed E-state index contributed by atoms with van der Waals surface area (Å²) in [6.07, 6.45) is 8.06. The van der Waals surface area contributed by atoms with Crippen molar-refractivity contribution < 1.29 is 4.74 Å². The van der Waals surface area contributed by atoms with Gasteiger partial charge in [0.2, 0.25) is 0 Å². The summed E-state index contributed by atoms with van der Waals surface area (Å²) in [7, 11) is 0. The molecule has 1 N–H and O–H groups in total. The minimum absolute atomic E-state index is 0.679. The molecule has 0 unspecified atom stereocenters. The van der Waals surface area contributed by atoms with Gasteiger partial charge in [0, 0.05) is 37.6 Å². The van der Waals surface area contributed by atoms with Crippen LogP contribution in [0, 0.1) is 5.92 Å². The lowest BCUT2D eigenvalue weighted by atomic mass is 10.0.